The summed E-state index contributed by atoms with van der Waals surface area (Å²) in [6.07, 6.45) is 2.27. The molecule has 0 aromatic carbocycles. The molecule has 1 aromatic heterocycles. The first kappa shape index (κ1) is 17.2. The highest BCUT2D eigenvalue weighted by molar-refractivity contribution is 5.24. The van der Waals surface area contributed by atoms with Gasteiger partial charge in [0.1, 0.15) is 0 Å². The van der Waals surface area contributed by atoms with Gasteiger partial charge in [0.2, 0.25) is 0 Å². The molecule has 4 heteroatoms. The van der Waals surface area contributed by atoms with Gasteiger partial charge in [0.05, 0.1) is 5.69 Å². The molecule has 0 radical (unpaired) electrons. The number of aromatic nitrogens is 2. The number of rotatable bonds is 7. The van der Waals surface area contributed by atoms with Gasteiger partial charge < -0.3 is 10.6 Å². The van der Waals surface area contributed by atoms with Crippen molar-refractivity contribution in [1.29, 1.82) is 0 Å². The maximum absolute atomic E-state index is 4.47. The van der Waals surface area contributed by atoms with Gasteiger partial charge in [0.15, 0.2) is 0 Å². The molecule has 20 heavy (non-hydrogen) atoms. The molecule has 1 rings (SSSR count). The standard InChI is InChI=1S/C16H32N4/c1-12(11-18-16(4,5)6)17-10-8-9-15-13(2)19-20(7)14(15)3/h12,17-18H,8-11H2,1-7H3. The van der Waals surface area contributed by atoms with Crippen molar-refractivity contribution < 1.29 is 0 Å². The Bertz CT molecular complexity index is 415. The second-order valence-corrected chi connectivity index (χ2v) is 6.86. The van der Waals surface area contributed by atoms with E-state index in [9.17, 15) is 0 Å². The van der Waals surface area contributed by atoms with E-state index in [0.29, 0.717) is 6.04 Å². The van der Waals surface area contributed by atoms with Gasteiger partial charge in [-0.1, -0.05) is 0 Å². The first-order valence-corrected chi connectivity index (χ1v) is 7.68. The van der Waals surface area contributed by atoms with E-state index in [1.54, 1.807) is 0 Å². The number of nitrogens with zero attached hydrogens (tertiary/aromatic N) is 2. The van der Waals surface area contributed by atoms with Crippen molar-refractivity contribution >= 4 is 0 Å². The highest BCUT2D eigenvalue weighted by Crippen LogP contribution is 2.13. The SMILES string of the molecule is Cc1nn(C)c(C)c1CCCNC(C)CNC(C)(C)C. The molecule has 0 fully saturated rings. The van der Waals surface area contributed by atoms with Crippen molar-refractivity contribution in [3.63, 3.8) is 0 Å². The van der Waals surface area contributed by atoms with E-state index in [2.05, 4.69) is 57.3 Å². The summed E-state index contributed by atoms with van der Waals surface area (Å²) in [7, 11) is 2.02. The van der Waals surface area contributed by atoms with Gasteiger partial charge in [-0.25, -0.2) is 0 Å². The lowest BCUT2D eigenvalue weighted by Crippen LogP contribution is -2.44. The van der Waals surface area contributed by atoms with Crippen LogP contribution < -0.4 is 10.6 Å². The lowest BCUT2D eigenvalue weighted by molar-refractivity contribution is 0.387. The lowest BCUT2D eigenvalue weighted by atomic mass is 10.1. The zero-order valence-electron chi connectivity index (χ0n) is 14.3. The summed E-state index contributed by atoms with van der Waals surface area (Å²) in [6.45, 7) is 15.2. The minimum Gasteiger partial charge on any atom is -0.313 e. The first-order chi connectivity index (χ1) is 9.20. The van der Waals surface area contributed by atoms with Crippen molar-refractivity contribution in [1.82, 2.24) is 20.4 Å². The number of nitrogens with one attached hydrogen (secondary N) is 2. The summed E-state index contributed by atoms with van der Waals surface area (Å²) in [5, 5.41) is 11.6. The highest BCUT2D eigenvalue weighted by atomic mass is 15.3. The van der Waals surface area contributed by atoms with Crippen molar-refractivity contribution in [3.8, 4) is 0 Å². The van der Waals surface area contributed by atoms with Gasteiger partial charge in [0.25, 0.3) is 0 Å². The maximum atomic E-state index is 4.47. The zero-order valence-corrected chi connectivity index (χ0v) is 14.3. The van der Waals surface area contributed by atoms with Crippen molar-refractivity contribution in [2.75, 3.05) is 13.1 Å². The van der Waals surface area contributed by atoms with Crippen LogP contribution in [0.2, 0.25) is 0 Å². The van der Waals surface area contributed by atoms with Crippen LogP contribution in [0.1, 0.15) is 51.1 Å². The van der Waals surface area contributed by atoms with E-state index in [-0.39, 0.29) is 5.54 Å². The molecule has 0 amide bonds. The fourth-order valence-corrected chi connectivity index (χ4v) is 2.32. The Morgan fingerprint density at radius 1 is 1.25 bits per heavy atom. The molecule has 116 valence electrons. The number of aryl methyl sites for hydroxylation is 2. The van der Waals surface area contributed by atoms with Crippen molar-refractivity contribution in [2.24, 2.45) is 7.05 Å². The Morgan fingerprint density at radius 3 is 2.40 bits per heavy atom. The minimum atomic E-state index is 0.194. The molecule has 0 saturated carbocycles. The summed E-state index contributed by atoms with van der Waals surface area (Å²) in [4.78, 5) is 0. The molecule has 1 aromatic rings. The largest absolute Gasteiger partial charge is 0.313 e. The van der Waals surface area contributed by atoms with E-state index in [1.165, 1.54) is 17.0 Å². The van der Waals surface area contributed by atoms with Gasteiger partial charge in [-0.05, 0) is 66.5 Å². The van der Waals surface area contributed by atoms with Crippen LogP contribution in [-0.4, -0.2) is 34.5 Å². The predicted octanol–water partition coefficient (Wildman–Crippen LogP) is 2.34. The monoisotopic (exact) mass is 280 g/mol. The molecular weight excluding hydrogens is 248 g/mol. The first-order valence-electron chi connectivity index (χ1n) is 7.68. The van der Waals surface area contributed by atoms with E-state index < -0.39 is 0 Å². The molecule has 2 N–H and O–H groups in total. The Hall–Kier alpha value is -0.870. The smallest absolute Gasteiger partial charge is 0.0628 e. The molecule has 0 aliphatic heterocycles. The number of hydrogen-bond acceptors (Lipinski definition) is 3. The van der Waals surface area contributed by atoms with E-state index in [4.69, 9.17) is 0 Å². The average molecular weight is 280 g/mol. The van der Waals surface area contributed by atoms with Crippen LogP contribution in [-0.2, 0) is 13.5 Å². The Balaban J connectivity index is 2.25. The molecular formula is C16H32N4. The van der Waals surface area contributed by atoms with Crippen LogP contribution >= 0.6 is 0 Å². The summed E-state index contributed by atoms with van der Waals surface area (Å²) < 4.78 is 1.98. The molecule has 1 heterocycles. The second-order valence-electron chi connectivity index (χ2n) is 6.86. The summed E-state index contributed by atoms with van der Waals surface area (Å²) in [5.74, 6) is 0. The van der Waals surface area contributed by atoms with E-state index >= 15 is 0 Å². The number of hydrogen-bond donors (Lipinski definition) is 2. The zero-order chi connectivity index (χ0) is 15.3. The van der Waals surface area contributed by atoms with Gasteiger partial charge in [-0.2, -0.15) is 5.10 Å². The van der Waals surface area contributed by atoms with E-state index in [0.717, 1.165) is 25.9 Å². The molecule has 0 saturated heterocycles. The van der Waals surface area contributed by atoms with Gasteiger partial charge in [-0.15, -0.1) is 0 Å². The third-order valence-electron chi connectivity index (χ3n) is 3.69. The van der Waals surface area contributed by atoms with Crippen LogP contribution in [0.4, 0.5) is 0 Å². The fraction of sp³-hybridized carbons (Fsp3) is 0.812. The summed E-state index contributed by atoms with van der Waals surface area (Å²) in [6, 6.07) is 0.505. The van der Waals surface area contributed by atoms with Crippen LogP contribution in [0.5, 0.6) is 0 Å². The highest BCUT2D eigenvalue weighted by Gasteiger charge is 2.11. The van der Waals surface area contributed by atoms with E-state index in [1.807, 2.05) is 11.7 Å². The molecule has 0 spiro atoms. The molecule has 0 aliphatic rings. The van der Waals surface area contributed by atoms with Crippen molar-refractivity contribution in [3.05, 3.63) is 17.0 Å². The second kappa shape index (κ2) is 7.23. The quantitative estimate of drug-likeness (QED) is 0.753. The third kappa shape index (κ3) is 5.63. The summed E-state index contributed by atoms with van der Waals surface area (Å²) in [5.41, 5.74) is 4.08. The van der Waals surface area contributed by atoms with Crippen LogP contribution in [0.15, 0.2) is 0 Å². The lowest BCUT2D eigenvalue weighted by Gasteiger charge is -2.24. The fourth-order valence-electron chi connectivity index (χ4n) is 2.32. The topological polar surface area (TPSA) is 41.9 Å². The molecule has 0 aliphatic carbocycles. The maximum Gasteiger partial charge on any atom is 0.0628 e. The molecule has 0 bridgehead atoms. The average Bonchev–Trinajstić information content (AvgIpc) is 2.57. The van der Waals surface area contributed by atoms with Gasteiger partial charge in [-0.3, -0.25) is 4.68 Å². The minimum absolute atomic E-state index is 0.194. The van der Waals surface area contributed by atoms with Gasteiger partial charge >= 0.3 is 0 Å². The molecule has 1 unspecified atom stereocenters. The van der Waals surface area contributed by atoms with Crippen LogP contribution in [0.25, 0.3) is 0 Å². The van der Waals surface area contributed by atoms with Gasteiger partial charge in [0, 0.05) is 30.9 Å². The molecule has 1 atom stereocenters. The van der Waals surface area contributed by atoms with Crippen LogP contribution in [0.3, 0.4) is 0 Å². The third-order valence-corrected chi connectivity index (χ3v) is 3.69. The Kier molecular flexibility index (Phi) is 6.21. The Labute approximate surface area is 124 Å². The Morgan fingerprint density at radius 2 is 1.90 bits per heavy atom. The van der Waals surface area contributed by atoms with Crippen molar-refractivity contribution in [2.45, 2.75) is 66.0 Å². The normalized spacial score (nSPS) is 13.8. The molecule has 4 nitrogen and oxygen atoms in total. The van der Waals surface area contributed by atoms with Crippen LogP contribution in [0, 0.1) is 13.8 Å². The summed E-state index contributed by atoms with van der Waals surface area (Å²) >= 11 is 0. The predicted molar refractivity (Wildman–Crippen MR) is 86.2 cm³/mol.